The second-order valence-corrected chi connectivity index (χ2v) is 2.33. The smallest absolute Gasteiger partial charge is 0.239 e. The van der Waals surface area contributed by atoms with E-state index in [-0.39, 0.29) is 0 Å². The van der Waals surface area contributed by atoms with E-state index in [1.54, 1.807) is 17.8 Å². The van der Waals surface area contributed by atoms with Crippen LogP contribution < -0.4 is 4.57 Å². The molecule has 56 valence electrons. The number of imidazole rings is 1. The normalized spacial score (nSPS) is 12.0. The highest BCUT2D eigenvalue weighted by Crippen LogP contribution is 2.16. The van der Waals surface area contributed by atoms with Crippen LogP contribution >= 0.6 is 0 Å². The molecule has 1 heterocycles. The van der Waals surface area contributed by atoms with E-state index in [1.807, 2.05) is 0 Å². The SMILES string of the molecule is C[n+]1ccn(C(C)(F)F)c1. The molecular formula is C6H9F2N2+. The maximum Gasteiger partial charge on any atom is 0.394 e. The summed E-state index contributed by atoms with van der Waals surface area (Å²) in [6, 6.07) is -2.79. The fraction of sp³-hybridized carbons (Fsp3) is 0.500. The van der Waals surface area contributed by atoms with E-state index in [9.17, 15) is 8.78 Å². The van der Waals surface area contributed by atoms with Gasteiger partial charge in [0.1, 0.15) is 12.4 Å². The van der Waals surface area contributed by atoms with Crippen molar-refractivity contribution < 1.29 is 13.3 Å². The lowest BCUT2D eigenvalue weighted by molar-refractivity contribution is -0.671. The van der Waals surface area contributed by atoms with E-state index in [0.29, 0.717) is 0 Å². The van der Waals surface area contributed by atoms with Crippen LogP contribution in [-0.4, -0.2) is 4.57 Å². The minimum Gasteiger partial charge on any atom is -0.239 e. The summed E-state index contributed by atoms with van der Waals surface area (Å²) >= 11 is 0. The van der Waals surface area contributed by atoms with Gasteiger partial charge in [-0.2, -0.15) is 13.3 Å². The Bertz CT molecular complexity index is 224. The van der Waals surface area contributed by atoms with E-state index in [0.717, 1.165) is 11.5 Å². The molecule has 0 aromatic carbocycles. The third-order valence-corrected chi connectivity index (χ3v) is 1.22. The standard InChI is InChI=1S/C6H9F2N2/c1-6(7,8)10-4-3-9(2)5-10/h3-5H,1-2H3/q+1. The fourth-order valence-electron chi connectivity index (χ4n) is 0.682. The van der Waals surface area contributed by atoms with Crippen LogP contribution in [0.15, 0.2) is 18.7 Å². The van der Waals surface area contributed by atoms with Gasteiger partial charge in [0, 0.05) is 6.92 Å². The van der Waals surface area contributed by atoms with E-state index in [4.69, 9.17) is 0 Å². The average molecular weight is 147 g/mol. The van der Waals surface area contributed by atoms with Crippen LogP contribution in [0.1, 0.15) is 6.92 Å². The summed E-state index contributed by atoms with van der Waals surface area (Å²) in [7, 11) is 1.70. The summed E-state index contributed by atoms with van der Waals surface area (Å²) in [5, 5.41) is 0. The predicted molar refractivity (Wildman–Crippen MR) is 31.5 cm³/mol. The lowest BCUT2D eigenvalue weighted by Gasteiger charge is -2.02. The largest absolute Gasteiger partial charge is 0.394 e. The molecule has 0 aliphatic rings. The van der Waals surface area contributed by atoms with Crippen LogP contribution in [-0.2, 0) is 13.1 Å². The van der Waals surface area contributed by atoms with Gasteiger partial charge in [-0.3, -0.25) is 0 Å². The second-order valence-electron chi connectivity index (χ2n) is 2.33. The Balaban J connectivity index is 2.96. The van der Waals surface area contributed by atoms with Crippen LogP contribution in [0.25, 0.3) is 0 Å². The van der Waals surface area contributed by atoms with Crippen LogP contribution in [0.3, 0.4) is 0 Å². The number of halogens is 2. The summed E-state index contributed by atoms with van der Waals surface area (Å²) in [6.07, 6.45) is 4.23. The molecule has 0 aliphatic carbocycles. The van der Waals surface area contributed by atoms with Crippen LogP contribution in [0, 0.1) is 0 Å². The van der Waals surface area contributed by atoms with Gasteiger partial charge in [-0.25, -0.2) is 4.57 Å². The Kier molecular flexibility index (Phi) is 1.46. The van der Waals surface area contributed by atoms with Gasteiger partial charge < -0.3 is 0 Å². The molecule has 0 fully saturated rings. The monoisotopic (exact) mass is 147 g/mol. The van der Waals surface area contributed by atoms with Crippen molar-refractivity contribution in [1.29, 1.82) is 0 Å². The van der Waals surface area contributed by atoms with Crippen molar-refractivity contribution in [3.63, 3.8) is 0 Å². The molecule has 0 saturated carbocycles. The van der Waals surface area contributed by atoms with Gasteiger partial charge in [-0.05, 0) is 0 Å². The van der Waals surface area contributed by atoms with Crippen molar-refractivity contribution in [2.24, 2.45) is 7.05 Å². The number of hydrogen-bond acceptors (Lipinski definition) is 0. The Morgan fingerprint density at radius 2 is 2.10 bits per heavy atom. The Labute approximate surface area is 57.7 Å². The first-order valence-corrected chi connectivity index (χ1v) is 2.91. The first-order chi connectivity index (χ1) is 4.50. The number of aryl methyl sites for hydroxylation is 1. The molecule has 1 aromatic heterocycles. The van der Waals surface area contributed by atoms with Gasteiger partial charge >= 0.3 is 6.05 Å². The third kappa shape index (κ3) is 1.32. The molecule has 0 atom stereocenters. The van der Waals surface area contributed by atoms with Gasteiger partial charge in [0.25, 0.3) is 0 Å². The zero-order valence-electron chi connectivity index (χ0n) is 5.88. The molecule has 0 bridgehead atoms. The van der Waals surface area contributed by atoms with Crippen LogP contribution in [0.2, 0.25) is 0 Å². The topological polar surface area (TPSA) is 8.81 Å². The van der Waals surface area contributed by atoms with Crippen molar-refractivity contribution in [2.75, 3.05) is 0 Å². The molecule has 4 heteroatoms. The van der Waals surface area contributed by atoms with Crippen molar-refractivity contribution in [3.8, 4) is 0 Å². The summed E-state index contributed by atoms with van der Waals surface area (Å²) < 4.78 is 27.3. The maximum atomic E-state index is 12.4. The minimum atomic E-state index is -2.79. The van der Waals surface area contributed by atoms with Crippen molar-refractivity contribution in [2.45, 2.75) is 13.0 Å². The Morgan fingerprint density at radius 1 is 1.50 bits per heavy atom. The van der Waals surface area contributed by atoms with Gasteiger partial charge in [-0.1, -0.05) is 0 Å². The quantitative estimate of drug-likeness (QED) is 0.521. The number of hydrogen-bond donors (Lipinski definition) is 0. The van der Waals surface area contributed by atoms with E-state index >= 15 is 0 Å². The van der Waals surface area contributed by atoms with Gasteiger partial charge in [0.05, 0.1) is 7.05 Å². The zero-order chi connectivity index (χ0) is 7.78. The highest BCUT2D eigenvalue weighted by molar-refractivity contribution is 4.70. The van der Waals surface area contributed by atoms with E-state index in [1.165, 1.54) is 12.5 Å². The van der Waals surface area contributed by atoms with Gasteiger partial charge in [0.15, 0.2) is 0 Å². The highest BCUT2D eigenvalue weighted by Gasteiger charge is 2.29. The second kappa shape index (κ2) is 2.04. The molecule has 1 aromatic rings. The average Bonchev–Trinajstić information content (AvgIpc) is 2.11. The molecule has 10 heavy (non-hydrogen) atoms. The molecular weight excluding hydrogens is 138 g/mol. The van der Waals surface area contributed by atoms with Crippen molar-refractivity contribution >= 4 is 0 Å². The lowest BCUT2D eigenvalue weighted by Crippen LogP contribution is -2.26. The van der Waals surface area contributed by atoms with Crippen LogP contribution in [0.4, 0.5) is 8.78 Å². The Morgan fingerprint density at radius 3 is 2.30 bits per heavy atom. The van der Waals surface area contributed by atoms with E-state index < -0.39 is 6.05 Å². The Hall–Kier alpha value is -0.930. The number of alkyl halides is 2. The van der Waals surface area contributed by atoms with Gasteiger partial charge in [0.2, 0.25) is 6.33 Å². The molecule has 0 saturated heterocycles. The summed E-state index contributed by atoms with van der Waals surface area (Å²) in [6.45, 7) is 0.854. The maximum absolute atomic E-state index is 12.4. The summed E-state index contributed by atoms with van der Waals surface area (Å²) in [5.41, 5.74) is 0. The van der Waals surface area contributed by atoms with Crippen molar-refractivity contribution in [3.05, 3.63) is 18.7 Å². The summed E-state index contributed by atoms with van der Waals surface area (Å²) in [4.78, 5) is 0. The minimum absolute atomic E-state index is 0.854. The molecule has 0 unspecified atom stereocenters. The molecule has 1 rings (SSSR count). The molecule has 2 nitrogen and oxygen atoms in total. The molecule has 0 amide bonds. The first kappa shape index (κ1) is 7.18. The fourth-order valence-corrected chi connectivity index (χ4v) is 0.682. The summed E-state index contributed by atoms with van der Waals surface area (Å²) in [5.74, 6) is 0. The number of rotatable bonds is 1. The predicted octanol–water partition coefficient (Wildman–Crippen LogP) is 0.882. The highest BCUT2D eigenvalue weighted by atomic mass is 19.3. The zero-order valence-corrected chi connectivity index (χ0v) is 5.88. The molecule has 0 aliphatic heterocycles. The third-order valence-electron chi connectivity index (χ3n) is 1.22. The molecule has 0 N–H and O–H groups in total. The van der Waals surface area contributed by atoms with Crippen molar-refractivity contribution in [1.82, 2.24) is 4.57 Å². The molecule has 0 spiro atoms. The lowest BCUT2D eigenvalue weighted by atomic mass is 10.6. The molecule has 0 radical (unpaired) electrons. The van der Waals surface area contributed by atoms with Crippen LogP contribution in [0.5, 0.6) is 0 Å². The van der Waals surface area contributed by atoms with Gasteiger partial charge in [-0.15, -0.1) is 0 Å². The van der Waals surface area contributed by atoms with E-state index in [2.05, 4.69) is 0 Å². The number of nitrogens with zero attached hydrogens (tertiary/aromatic N) is 2. The number of aromatic nitrogens is 2. The first-order valence-electron chi connectivity index (χ1n) is 2.91.